The van der Waals surface area contributed by atoms with Crippen LogP contribution in [0.4, 0.5) is 5.69 Å². The van der Waals surface area contributed by atoms with Crippen LogP contribution in [0.25, 0.3) is 0 Å². The summed E-state index contributed by atoms with van der Waals surface area (Å²) in [6, 6.07) is 10.5. The smallest absolute Gasteiger partial charge is 0.262 e. The summed E-state index contributed by atoms with van der Waals surface area (Å²) in [4.78, 5) is 0.164. The van der Waals surface area contributed by atoms with E-state index in [1.165, 1.54) is 6.07 Å². The first-order chi connectivity index (χ1) is 11.5. The molecule has 0 bridgehead atoms. The van der Waals surface area contributed by atoms with Gasteiger partial charge in [-0.15, -0.1) is 0 Å². The summed E-state index contributed by atoms with van der Waals surface area (Å²) in [7, 11) is -3.70. The highest BCUT2D eigenvalue weighted by molar-refractivity contribution is 7.92. The van der Waals surface area contributed by atoms with E-state index in [4.69, 9.17) is 9.47 Å². The molecule has 1 heterocycles. The Morgan fingerprint density at radius 1 is 1.08 bits per heavy atom. The Balaban J connectivity index is 1.96. The molecule has 1 aliphatic rings. The van der Waals surface area contributed by atoms with Crippen LogP contribution < -0.4 is 14.2 Å². The topological polar surface area (TPSA) is 64.6 Å². The third-order valence-corrected chi connectivity index (χ3v) is 5.35. The first-order valence-electron chi connectivity index (χ1n) is 8.02. The fraction of sp³-hybridized carbons (Fsp3) is 0.333. The van der Waals surface area contributed by atoms with Gasteiger partial charge in [-0.25, -0.2) is 8.42 Å². The molecular formula is C18H21NO4S. The van der Waals surface area contributed by atoms with Crippen LogP contribution in [0.2, 0.25) is 0 Å². The Kier molecular flexibility index (Phi) is 4.66. The van der Waals surface area contributed by atoms with E-state index in [2.05, 4.69) is 4.72 Å². The number of sulfonamides is 1. The van der Waals surface area contributed by atoms with E-state index in [0.717, 1.165) is 24.0 Å². The molecule has 0 saturated heterocycles. The molecule has 0 unspecified atom stereocenters. The van der Waals surface area contributed by atoms with Gasteiger partial charge in [-0.1, -0.05) is 25.1 Å². The van der Waals surface area contributed by atoms with Gasteiger partial charge in [-0.2, -0.15) is 0 Å². The van der Waals surface area contributed by atoms with E-state index in [-0.39, 0.29) is 4.90 Å². The summed E-state index contributed by atoms with van der Waals surface area (Å²) in [5.74, 6) is 1.05. The first-order valence-corrected chi connectivity index (χ1v) is 9.50. The van der Waals surface area contributed by atoms with Gasteiger partial charge in [-0.3, -0.25) is 4.72 Å². The molecule has 0 atom stereocenters. The van der Waals surface area contributed by atoms with Crippen molar-refractivity contribution in [1.29, 1.82) is 0 Å². The summed E-state index contributed by atoms with van der Waals surface area (Å²) < 4.78 is 39.4. The average Bonchev–Trinajstić information content (AvgIpc) is 2.81. The van der Waals surface area contributed by atoms with Crippen LogP contribution in [0, 0.1) is 6.92 Å². The van der Waals surface area contributed by atoms with Crippen molar-refractivity contribution in [1.82, 2.24) is 0 Å². The van der Waals surface area contributed by atoms with Crippen molar-refractivity contribution in [2.75, 3.05) is 17.9 Å². The molecule has 0 spiro atoms. The highest BCUT2D eigenvalue weighted by Gasteiger charge is 2.20. The van der Waals surface area contributed by atoms with Crippen molar-refractivity contribution in [2.24, 2.45) is 0 Å². The van der Waals surface area contributed by atoms with Crippen LogP contribution in [0.1, 0.15) is 24.5 Å². The van der Waals surface area contributed by atoms with Crippen molar-refractivity contribution in [3.63, 3.8) is 0 Å². The number of aryl methyl sites for hydroxylation is 2. The van der Waals surface area contributed by atoms with E-state index < -0.39 is 10.0 Å². The van der Waals surface area contributed by atoms with Crippen LogP contribution in [0.3, 0.4) is 0 Å². The van der Waals surface area contributed by atoms with Crippen LogP contribution in [-0.2, 0) is 16.4 Å². The largest absolute Gasteiger partial charge is 0.490 e. The molecule has 0 radical (unpaired) electrons. The molecule has 6 heteroatoms. The number of nitrogens with one attached hydrogen (secondary N) is 1. The number of hydrogen-bond donors (Lipinski definition) is 1. The van der Waals surface area contributed by atoms with Crippen molar-refractivity contribution in [2.45, 2.75) is 31.6 Å². The minimum atomic E-state index is -3.70. The normalized spacial score (nSPS) is 14.1. The lowest BCUT2D eigenvalue weighted by Crippen LogP contribution is -2.15. The van der Waals surface area contributed by atoms with Crippen molar-refractivity contribution < 1.29 is 17.9 Å². The standard InChI is InChI=1S/C18H21NO4S/c1-3-14-7-4-6-13(2)18(14)19-24(20,21)15-8-9-16-17(12-15)23-11-5-10-22-16/h4,6-9,12,19H,3,5,10-11H2,1-2H3. The maximum atomic E-state index is 12.8. The number of ether oxygens (including phenoxy) is 2. The summed E-state index contributed by atoms with van der Waals surface area (Å²) in [6.45, 7) is 4.98. The summed E-state index contributed by atoms with van der Waals surface area (Å²) in [5, 5.41) is 0. The fourth-order valence-electron chi connectivity index (χ4n) is 2.67. The first kappa shape index (κ1) is 16.6. The number of rotatable bonds is 4. The van der Waals surface area contributed by atoms with E-state index in [1.807, 2.05) is 32.0 Å². The average molecular weight is 347 g/mol. The number of benzene rings is 2. The van der Waals surface area contributed by atoms with E-state index in [0.29, 0.717) is 30.4 Å². The lowest BCUT2D eigenvalue weighted by atomic mass is 10.1. The van der Waals surface area contributed by atoms with E-state index in [9.17, 15) is 8.42 Å². The summed E-state index contributed by atoms with van der Waals surface area (Å²) >= 11 is 0. The van der Waals surface area contributed by atoms with Crippen molar-refractivity contribution >= 4 is 15.7 Å². The molecule has 0 aliphatic carbocycles. The van der Waals surface area contributed by atoms with Gasteiger partial charge in [0.2, 0.25) is 0 Å². The molecule has 5 nitrogen and oxygen atoms in total. The predicted molar refractivity (Wildman–Crippen MR) is 93.4 cm³/mol. The third kappa shape index (κ3) is 3.33. The lowest BCUT2D eigenvalue weighted by molar-refractivity contribution is 0.297. The number of anilines is 1. The Morgan fingerprint density at radius 3 is 2.58 bits per heavy atom. The van der Waals surface area contributed by atoms with Crippen LogP contribution in [0.5, 0.6) is 11.5 Å². The summed E-state index contributed by atoms with van der Waals surface area (Å²) in [5.41, 5.74) is 2.51. The van der Waals surface area contributed by atoms with Gasteiger partial charge >= 0.3 is 0 Å². The van der Waals surface area contributed by atoms with Crippen LogP contribution in [0.15, 0.2) is 41.3 Å². The SMILES string of the molecule is CCc1cccc(C)c1NS(=O)(=O)c1ccc2c(c1)OCCCO2. The number of hydrogen-bond acceptors (Lipinski definition) is 4. The molecule has 0 saturated carbocycles. The Labute approximate surface area is 142 Å². The highest BCUT2D eigenvalue weighted by atomic mass is 32.2. The minimum absolute atomic E-state index is 0.164. The fourth-order valence-corrected chi connectivity index (χ4v) is 3.86. The molecule has 128 valence electrons. The van der Waals surface area contributed by atoms with Gasteiger partial charge < -0.3 is 9.47 Å². The van der Waals surface area contributed by atoms with Gasteiger partial charge in [0.05, 0.1) is 23.8 Å². The number of fused-ring (bicyclic) bond motifs is 1. The van der Waals surface area contributed by atoms with Gasteiger partial charge in [0.15, 0.2) is 11.5 Å². The summed E-state index contributed by atoms with van der Waals surface area (Å²) in [6.07, 6.45) is 1.53. The molecule has 24 heavy (non-hydrogen) atoms. The predicted octanol–water partition coefficient (Wildman–Crippen LogP) is 3.52. The van der Waals surface area contributed by atoms with Crippen LogP contribution in [-0.4, -0.2) is 21.6 Å². The molecular weight excluding hydrogens is 326 g/mol. The van der Waals surface area contributed by atoms with Gasteiger partial charge in [0.1, 0.15) is 0 Å². The van der Waals surface area contributed by atoms with Crippen molar-refractivity contribution in [3.8, 4) is 11.5 Å². The molecule has 0 amide bonds. The third-order valence-electron chi connectivity index (χ3n) is 4.01. The molecule has 3 rings (SSSR count). The second kappa shape index (κ2) is 6.73. The number of para-hydroxylation sites is 1. The zero-order valence-electron chi connectivity index (χ0n) is 13.8. The van der Waals surface area contributed by atoms with Crippen LogP contribution >= 0.6 is 0 Å². The Bertz CT molecular complexity index is 846. The molecule has 1 N–H and O–H groups in total. The van der Waals surface area contributed by atoms with Gasteiger partial charge in [-0.05, 0) is 36.6 Å². The lowest BCUT2D eigenvalue weighted by Gasteiger charge is -2.15. The molecule has 0 fully saturated rings. The maximum Gasteiger partial charge on any atom is 0.262 e. The van der Waals surface area contributed by atoms with Gasteiger partial charge in [0, 0.05) is 12.5 Å². The molecule has 1 aliphatic heterocycles. The Morgan fingerprint density at radius 2 is 1.83 bits per heavy atom. The molecule has 2 aromatic rings. The molecule has 2 aromatic carbocycles. The van der Waals surface area contributed by atoms with Gasteiger partial charge in [0.25, 0.3) is 10.0 Å². The minimum Gasteiger partial charge on any atom is -0.490 e. The highest BCUT2D eigenvalue weighted by Crippen LogP contribution is 2.33. The second-order valence-electron chi connectivity index (χ2n) is 5.73. The second-order valence-corrected chi connectivity index (χ2v) is 7.41. The van der Waals surface area contributed by atoms with Crippen molar-refractivity contribution in [3.05, 3.63) is 47.5 Å². The zero-order chi connectivity index (χ0) is 17.2. The monoisotopic (exact) mass is 347 g/mol. The Hall–Kier alpha value is -2.21. The van der Waals surface area contributed by atoms with E-state index >= 15 is 0 Å². The zero-order valence-corrected chi connectivity index (χ0v) is 14.7. The quantitative estimate of drug-likeness (QED) is 0.919. The molecule has 0 aromatic heterocycles. The van der Waals surface area contributed by atoms with E-state index in [1.54, 1.807) is 12.1 Å². The maximum absolute atomic E-state index is 12.8.